The summed E-state index contributed by atoms with van der Waals surface area (Å²) < 4.78 is 13.4. The number of benzene rings is 1. The van der Waals surface area contributed by atoms with Crippen molar-refractivity contribution in [2.45, 2.75) is 32.2 Å². The van der Waals surface area contributed by atoms with Crippen molar-refractivity contribution in [1.29, 1.82) is 0 Å². The summed E-state index contributed by atoms with van der Waals surface area (Å²) in [5.74, 6) is 1.33. The Morgan fingerprint density at radius 1 is 1.00 bits per heavy atom. The van der Waals surface area contributed by atoms with Crippen molar-refractivity contribution >= 4 is 5.95 Å². The Labute approximate surface area is 169 Å². The van der Waals surface area contributed by atoms with Gasteiger partial charge in [-0.3, -0.25) is 4.90 Å². The number of imidazole rings is 1. The Morgan fingerprint density at radius 3 is 2.72 bits per heavy atom. The van der Waals surface area contributed by atoms with Crippen molar-refractivity contribution in [2.75, 3.05) is 31.1 Å². The number of aromatic nitrogens is 4. The van der Waals surface area contributed by atoms with Gasteiger partial charge < -0.3 is 9.88 Å². The van der Waals surface area contributed by atoms with Crippen molar-refractivity contribution in [3.05, 3.63) is 59.4 Å². The molecule has 1 aliphatic carbocycles. The maximum absolute atomic E-state index is 13.4. The van der Waals surface area contributed by atoms with E-state index in [-0.39, 0.29) is 5.82 Å². The zero-order valence-corrected chi connectivity index (χ0v) is 16.4. The average molecular weight is 392 g/mol. The summed E-state index contributed by atoms with van der Waals surface area (Å²) in [6, 6.07) is 6.51. The molecule has 1 fully saturated rings. The summed E-state index contributed by atoms with van der Waals surface area (Å²) in [7, 11) is 0. The monoisotopic (exact) mass is 392 g/mol. The molecule has 29 heavy (non-hydrogen) atoms. The molecule has 1 saturated heterocycles. The fourth-order valence-corrected chi connectivity index (χ4v) is 4.19. The Kier molecular flexibility index (Phi) is 4.97. The van der Waals surface area contributed by atoms with Crippen molar-refractivity contribution in [3.8, 4) is 11.4 Å². The van der Waals surface area contributed by atoms with Gasteiger partial charge >= 0.3 is 0 Å². The SMILES string of the molecule is Fc1cccc(-c2ncc(CN3CCN(c4ncc5c(n4)CCCC5)CC3)[nH]2)c1. The third-order valence-electron chi connectivity index (χ3n) is 5.83. The van der Waals surface area contributed by atoms with E-state index in [0.717, 1.165) is 62.8 Å². The molecule has 0 spiro atoms. The molecule has 0 atom stereocenters. The fourth-order valence-electron chi connectivity index (χ4n) is 4.19. The highest BCUT2D eigenvalue weighted by Gasteiger charge is 2.21. The molecule has 2 aliphatic rings. The Morgan fingerprint density at radius 2 is 1.86 bits per heavy atom. The number of H-pyrrole nitrogens is 1. The van der Waals surface area contributed by atoms with Gasteiger partial charge in [-0.25, -0.2) is 19.3 Å². The van der Waals surface area contributed by atoms with Crippen molar-refractivity contribution in [1.82, 2.24) is 24.8 Å². The molecule has 0 radical (unpaired) electrons. The van der Waals surface area contributed by atoms with E-state index in [1.54, 1.807) is 6.07 Å². The van der Waals surface area contributed by atoms with Crippen molar-refractivity contribution < 1.29 is 4.39 Å². The molecular formula is C22H25FN6. The first-order chi connectivity index (χ1) is 14.2. The van der Waals surface area contributed by atoms with Crippen LogP contribution in [0.25, 0.3) is 11.4 Å². The smallest absolute Gasteiger partial charge is 0.225 e. The second-order valence-electron chi connectivity index (χ2n) is 7.88. The lowest BCUT2D eigenvalue weighted by atomic mass is 9.98. The molecule has 1 aromatic carbocycles. The van der Waals surface area contributed by atoms with Gasteiger partial charge in [0.1, 0.15) is 11.6 Å². The first-order valence-corrected chi connectivity index (χ1v) is 10.4. The quantitative estimate of drug-likeness (QED) is 0.739. The minimum atomic E-state index is -0.249. The van der Waals surface area contributed by atoms with Crippen LogP contribution >= 0.6 is 0 Å². The normalized spacial score (nSPS) is 17.3. The van der Waals surface area contributed by atoms with E-state index >= 15 is 0 Å². The molecule has 6 nitrogen and oxygen atoms in total. The number of nitrogens with zero attached hydrogens (tertiary/aromatic N) is 5. The molecule has 1 N–H and O–H groups in total. The van der Waals surface area contributed by atoms with E-state index < -0.39 is 0 Å². The number of hydrogen-bond donors (Lipinski definition) is 1. The average Bonchev–Trinajstić information content (AvgIpc) is 3.22. The molecule has 0 unspecified atom stereocenters. The van der Waals surface area contributed by atoms with Gasteiger partial charge in [-0.05, 0) is 43.4 Å². The van der Waals surface area contributed by atoms with E-state index in [2.05, 4.69) is 24.8 Å². The first-order valence-electron chi connectivity index (χ1n) is 10.4. The standard InChI is InChI=1S/C22H25FN6/c23-18-6-3-5-16(12-18)21-24-14-19(26-21)15-28-8-10-29(11-9-28)22-25-13-17-4-1-2-7-20(17)27-22/h3,5-6,12-14H,1-2,4,7-11,15H2,(H,24,26). The second-order valence-corrected chi connectivity index (χ2v) is 7.88. The van der Waals surface area contributed by atoms with Crippen molar-refractivity contribution in [2.24, 2.45) is 0 Å². The summed E-state index contributed by atoms with van der Waals surface area (Å²) in [5.41, 5.74) is 4.38. The van der Waals surface area contributed by atoms with Gasteiger partial charge in [-0.1, -0.05) is 12.1 Å². The van der Waals surface area contributed by atoms with Crippen molar-refractivity contribution in [3.63, 3.8) is 0 Å². The molecule has 0 amide bonds. The van der Waals surface area contributed by atoms with Gasteiger partial charge in [0, 0.05) is 62.1 Å². The summed E-state index contributed by atoms with van der Waals surface area (Å²) in [5, 5.41) is 0. The summed E-state index contributed by atoms with van der Waals surface area (Å²) in [6.07, 6.45) is 8.56. The van der Waals surface area contributed by atoms with E-state index in [9.17, 15) is 4.39 Å². The predicted molar refractivity (Wildman–Crippen MR) is 110 cm³/mol. The number of piperazine rings is 1. The molecular weight excluding hydrogens is 367 g/mol. The van der Waals surface area contributed by atoms with Crippen LogP contribution < -0.4 is 4.90 Å². The minimum Gasteiger partial charge on any atom is -0.341 e. The molecule has 3 heterocycles. The van der Waals surface area contributed by atoms with Gasteiger partial charge in [-0.2, -0.15) is 0 Å². The van der Waals surface area contributed by atoms with Crippen LogP contribution in [0.2, 0.25) is 0 Å². The van der Waals surface area contributed by atoms with E-state index in [4.69, 9.17) is 4.98 Å². The van der Waals surface area contributed by atoms with E-state index in [0.29, 0.717) is 5.82 Å². The highest BCUT2D eigenvalue weighted by molar-refractivity contribution is 5.55. The molecule has 0 bridgehead atoms. The second kappa shape index (κ2) is 7.91. The third-order valence-corrected chi connectivity index (χ3v) is 5.83. The maximum atomic E-state index is 13.4. The molecule has 1 aliphatic heterocycles. The number of halogens is 1. The van der Waals surface area contributed by atoms with Crippen LogP contribution in [0.4, 0.5) is 10.3 Å². The highest BCUT2D eigenvalue weighted by atomic mass is 19.1. The number of aryl methyl sites for hydroxylation is 2. The predicted octanol–water partition coefficient (Wildman–Crippen LogP) is 3.21. The Hall–Kier alpha value is -2.80. The summed E-state index contributed by atoms with van der Waals surface area (Å²) >= 11 is 0. The fraction of sp³-hybridized carbons (Fsp3) is 0.409. The van der Waals surface area contributed by atoms with Gasteiger partial charge in [0.2, 0.25) is 5.95 Å². The topological polar surface area (TPSA) is 60.9 Å². The highest BCUT2D eigenvalue weighted by Crippen LogP contribution is 2.22. The first kappa shape index (κ1) is 18.2. The van der Waals surface area contributed by atoms with Gasteiger partial charge in [0.25, 0.3) is 0 Å². The number of aromatic amines is 1. The molecule has 2 aromatic heterocycles. The zero-order chi connectivity index (χ0) is 19.6. The lowest BCUT2D eigenvalue weighted by Gasteiger charge is -2.34. The van der Waals surface area contributed by atoms with Crippen LogP contribution in [0.1, 0.15) is 29.8 Å². The van der Waals surface area contributed by atoms with Crippen LogP contribution in [0.15, 0.2) is 36.7 Å². The Bertz CT molecular complexity index is 992. The summed E-state index contributed by atoms with van der Waals surface area (Å²) in [4.78, 5) is 21.9. The van der Waals surface area contributed by atoms with Crippen LogP contribution in [0.5, 0.6) is 0 Å². The van der Waals surface area contributed by atoms with Gasteiger partial charge in [-0.15, -0.1) is 0 Å². The number of anilines is 1. The third kappa shape index (κ3) is 4.00. The van der Waals surface area contributed by atoms with Gasteiger partial charge in [0.05, 0.1) is 0 Å². The summed E-state index contributed by atoms with van der Waals surface area (Å²) in [6.45, 7) is 4.55. The van der Waals surface area contributed by atoms with E-state index in [1.165, 1.54) is 36.2 Å². The zero-order valence-electron chi connectivity index (χ0n) is 16.4. The van der Waals surface area contributed by atoms with Gasteiger partial charge in [0.15, 0.2) is 0 Å². The van der Waals surface area contributed by atoms with Crippen LogP contribution in [0, 0.1) is 5.82 Å². The number of rotatable bonds is 4. The molecule has 150 valence electrons. The maximum Gasteiger partial charge on any atom is 0.225 e. The molecule has 7 heteroatoms. The number of fused-ring (bicyclic) bond motifs is 1. The van der Waals surface area contributed by atoms with Crippen LogP contribution in [-0.2, 0) is 19.4 Å². The van der Waals surface area contributed by atoms with Crippen LogP contribution in [-0.4, -0.2) is 51.0 Å². The Balaban J connectivity index is 1.19. The van der Waals surface area contributed by atoms with Crippen LogP contribution in [0.3, 0.4) is 0 Å². The lowest BCUT2D eigenvalue weighted by Crippen LogP contribution is -2.46. The minimum absolute atomic E-state index is 0.249. The number of hydrogen-bond acceptors (Lipinski definition) is 5. The molecule has 0 saturated carbocycles. The van der Waals surface area contributed by atoms with E-state index in [1.807, 2.05) is 18.5 Å². The largest absolute Gasteiger partial charge is 0.341 e. The molecule has 5 rings (SSSR count). The number of nitrogens with one attached hydrogen (secondary N) is 1. The lowest BCUT2D eigenvalue weighted by molar-refractivity contribution is 0.246. The molecule has 3 aromatic rings.